The van der Waals surface area contributed by atoms with Crippen molar-refractivity contribution in [2.45, 2.75) is 25.3 Å². The molecule has 7 nitrogen and oxygen atoms in total. The smallest absolute Gasteiger partial charge is 0.273 e. The topological polar surface area (TPSA) is 75.9 Å². The first-order valence-corrected chi connectivity index (χ1v) is 9.85. The van der Waals surface area contributed by atoms with Crippen LogP contribution in [0.15, 0.2) is 48.5 Å². The minimum Gasteiger partial charge on any atom is -0.496 e. The number of methoxy groups -OCH3 is 1. The Morgan fingerprint density at radius 1 is 1.21 bits per heavy atom. The second-order valence-electron chi connectivity index (χ2n) is 7.38. The zero-order valence-corrected chi connectivity index (χ0v) is 16.9. The van der Waals surface area contributed by atoms with Crippen LogP contribution in [0.5, 0.6) is 5.75 Å². The second-order valence-corrected chi connectivity index (χ2v) is 7.38. The molecule has 0 atom stereocenters. The Morgan fingerprint density at radius 3 is 2.52 bits per heavy atom. The molecule has 0 bridgehead atoms. The summed E-state index contributed by atoms with van der Waals surface area (Å²) in [6.45, 7) is 2.32. The fourth-order valence-electron chi connectivity index (χ4n) is 3.78. The first kappa shape index (κ1) is 20.8. The average Bonchev–Trinajstić information content (AvgIpc) is 2.77. The fraction of sp³-hybridized carbons (Fsp3) is 0.409. The summed E-state index contributed by atoms with van der Waals surface area (Å²) in [7, 11) is 3.56. The van der Waals surface area contributed by atoms with Gasteiger partial charge < -0.3 is 14.5 Å². The molecule has 1 aliphatic rings. The fourth-order valence-corrected chi connectivity index (χ4v) is 3.78. The molecule has 0 N–H and O–H groups in total. The van der Waals surface area contributed by atoms with Crippen molar-refractivity contribution in [1.29, 1.82) is 0 Å². The van der Waals surface area contributed by atoms with Crippen molar-refractivity contribution in [1.82, 2.24) is 9.80 Å². The molecule has 1 saturated heterocycles. The van der Waals surface area contributed by atoms with Crippen LogP contribution in [0, 0.1) is 10.1 Å². The highest BCUT2D eigenvalue weighted by molar-refractivity contribution is 5.97. The summed E-state index contributed by atoms with van der Waals surface area (Å²) in [5.74, 6) is 0.105. The van der Waals surface area contributed by atoms with Gasteiger partial charge in [0, 0.05) is 31.7 Å². The lowest BCUT2D eigenvalue weighted by Crippen LogP contribution is -2.46. The number of non-ortho nitro benzene ring substituents is 1. The number of ether oxygens (including phenoxy) is 1. The maximum Gasteiger partial charge on any atom is 0.273 e. The Balaban J connectivity index is 1.56. The van der Waals surface area contributed by atoms with E-state index >= 15 is 0 Å². The predicted octanol–water partition coefficient (Wildman–Crippen LogP) is 3.38. The van der Waals surface area contributed by atoms with Crippen LogP contribution in [-0.2, 0) is 6.42 Å². The van der Waals surface area contributed by atoms with E-state index in [1.165, 1.54) is 30.9 Å². The first-order valence-electron chi connectivity index (χ1n) is 9.85. The number of likely N-dealkylation sites (tertiary alicyclic amines) is 1. The van der Waals surface area contributed by atoms with Crippen LogP contribution in [0.25, 0.3) is 0 Å². The molecule has 1 aliphatic heterocycles. The van der Waals surface area contributed by atoms with Gasteiger partial charge in [0.2, 0.25) is 0 Å². The summed E-state index contributed by atoms with van der Waals surface area (Å²) >= 11 is 0. The number of likely N-dealkylation sites (N-methyl/N-ethyl adjacent to an activating group) is 1. The van der Waals surface area contributed by atoms with Gasteiger partial charge in [0.1, 0.15) is 5.75 Å². The Labute approximate surface area is 171 Å². The number of piperidine rings is 1. The molecule has 2 aromatic carbocycles. The van der Waals surface area contributed by atoms with Crippen LogP contribution >= 0.6 is 0 Å². The van der Waals surface area contributed by atoms with Crippen LogP contribution < -0.4 is 4.74 Å². The summed E-state index contributed by atoms with van der Waals surface area (Å²) in [6.07, 6.45) is 2.83. The summed E-state index contributed by atoms with van der Waals surface area (Å²) in [5.41, 5.74) is 1.61. The van der Waals surface area contributed by atoms with E-state index in [2.05, 4.69) is 36.2 Å². The monoisotopic (exact) mass is 397 g/mol. The van der Waals surface area contributed by atoms with Gasteiger partial charge in [0.15, 0.2) is 0 Å². The van der Waals surface area contributed by atoms with E-state index in [1.807, 2.05) is 11.0 Å². The number of nitrogens with zero attached hydrogens (tertiary/aromatic N) is 3. The Bertz CT molecular complexity index is 848. The van der Waals surface area contributed by atoms with E-state index in [0.717, 1.165) is 25.8 Å². The van der Waals surface area contributed by atoms with Gasteiger partial charge in [0.05, 0.1) is 23.7 Å². The third-order valence-corrected chi connectivity index (χ3v) is 5.60. The van der Waals surface area contributed by atoms with Gasteiger partial charge in [0.25, 0.3) is 11.6 Å². The molecule has 3 rings (SSSR count). The third-order valence-electron chi connectivity index (χ3n) is 5.60. The molecule has 7 heteroatoms. The predicted molar refractivity (Wildman–Crippen MR) is 111 cm³/mol. The lowest BCUT2D eigenvalue weighted by molar-refractivity contribution is -0.384. The van der Waals surface area contributed by atoms with Crippen molar-refractivity contribution in [2.75, 3.05) is 33.8 Å². The molecule has 0 aliphatic carbocycles. The van der Waals surface area contributed by atoms with Gasteiger partial charge in [-0.05, 0) is 37.9 Å². The molecule has 0 unspecified atom stereocenters. The number of nitro benzene ring substituents is 1. The maximum atomic E-state index is 12.9. The van der Waals surface area contributed by atoms with Gasteiger partial charge in [-0.15, -0.1) is 0 Å². The van der Waals surface area contributed by atoms with Gasteiger partial charge >= 0.3 is 0 Å². The van der Waals surface area contributed by atoms with E-state index in [9.17, 15) is 14.9 Å². The van der Waals surface area contributed by atoms with E-state index in [0.29, 0.717) is 24.7 Å². The zero-order chi connectivity index (χ0) is 20.8. The van der Waals surface area contributed by atoms with E-state index in [1.54, 1.807) is 0 Å². The van der Waals surface area contributed by atoms with Crippen molar-refractivity contribution >= 4 is 11.6 Å². The highest BCUT2D eigenvalue weighted by Crippen LogP contribution is 2.27. The Morgan fingerprint density at radius 2 is 1.90 bits per heavy atom. The van der Waals surface area contributed by atoms with Crippen molar-refractivity contribution < 1.29 is 14.5 Å². The van der Waals surface area contributed by atoms with Crippen molar-refractivity contribution in [2.24, 2.45) is 0 Å². The van der Waals surface area contributed by atoms with Crippen molar-refractivity contribution in [3.63, 3.8) is 0 Å². The van der Waals surface area contributed by atoms with Gasteiger partial charge in [-0.1, -0.05) is 30.3 Å². The molecule has 0 radical (unpaired) electrons. The normalized spacial score (nSPS) is 14.8. The molecule has 2 aromatic rings. The number of rotatable bonds is 7. The standard InChI is InChI=1S/C22H27N3O4/c1-23(13-10-17-6-4-3-5-7-17)18-11-14-24(15-12-18)22(26)20-9-8-19(25(27)28)16-21(20)29-2/h3-9,16,18H,10-15H2,1-2H3. The van der Waals surface area contributed by atoms with Gasteiger partial charge in [-0.25, -0.2) is 0 Å². The minimum atomic E-state index is -0.493. The molecule has 1 fully saturated rings. The number of carbonyl (C=O) groups excluding carboxylic acids is 1. The zero-order valence-electron chi connectivity index (χ0n) is 16.9. The molecule has 154 valence electrons. The summed E-state index contributed by atoms with van der Waals surface area (Å²) in [4.78, 5) is 27.6. The summed E-state index contributed by atoms with van der Waals surface area (Å²) < 4.78 is 5.22. The molecule has 1 amide bonds. The third kappa shape index (κ3) is 5.12. The van der Waals surface area contributed by atoms with Crippen molar-refractivity contribution in [3.8, 4) is 5.75 Å². The van der Waals surface area contributed by atoms with Crippen LogP contribution in [0.4, 0.5) is 5.69 Å². The van der Waals surface area contributed by atoms with Crippen LogP contribution in [0.1, 0.15) is 28.8 Å². The number of hydrogen-bond acceptors (Lipinski definition) is 5. The van der Waals surface area contributed by atoms with E-state index in [-0.39, 0.29) is 17.3 Å². The molecule has 0 saturated carbocycles. The van der Waals surface area contributed by atoms with Crippen LogP contribution in [-0.4, -0.2) is 60.5 Å². The quantitative estimate of drug-likeness (QED) is 0.529. The molecular weight excluding hydrogens is 370 g/mol. The second kappa shape index (κ2) is 9.52. The molecule has 29 heavy (non-hydrogen) atoms. The minimum absolute atomic E-state index is 0.0860. The SMILES string of the molecule is COc1cc([N+](=O)[O-])ccc1C(=O)N1CCC(N(C)CCc2ccccc2)CC1. The highest BCUT2D eigenvalue weighted by atomic mass is 16.6. The Hall–Kier alpha value is -2.93. The highest BCUT2D eigenvalue weighted by Gasteiger charge is 2.28. The number of benzene rings is 2. The Kier molecular flexibility index (Phi) is 6.82. The number of amides is 1. The van der Waals surface area contributed by atoms with Crippen LogP contribution in [0.2, 0.25) is 0 Å². The number of carbonyl (C=O) groups is 1. The first-order chi connectivity index (χ1) is 14.0. The maximum absolute atomic E-state index is 12.9. The lowest BCUT2D eigenvalue weighted by Gasteiger charge is -2.37. The largest absolute Gasteiger partial charge is 0.496 e. The van der Waals surface area contributed by atoms with Crippen LogP contribution in [0.3, 0.4) is 0 Å². The molecule has 0 spiro atoms. The number of hydrogen-bond donors (Lipinski definition) is 0. The number of nitro groups is 1. The lowest BCUT2D eigenvalue weighted by atomic mass is 10.0. The van der Waals surface area contributed by atoms with E-state index in [4.69, 9.17) is 4.74 Å². The van der Waals surface area contributed by atoms with E-state index < -0.39 is 4.92 Å². The summed E-state index contributed by atoms with van der Waals surface area (Å²) in [5, 5.41) is 10.9. The van der Waals surface area contributed by atoms with Gasteiger partial charge in [-0.2, -0.15) is 0 Å². The molecule has 1 heterocycles. The van der Waals surface area contributed by atoms with Crippen molar-refractivity contribution in [3.05, 3.63) is 69.8 Å². The van der Waals surface area contributed by atoms with Gasteiger partial charge in [-0.3, -0.25) is 14.9 Å². The molecular formula is C22H27N3O4. The molecule has 0 aromatic heterocycles. The summed E-state index contributed by atoms with van der Waals surface area (Å²) in [6, 6.07) is 15.0. The average molecular weight is 397 g/mol.